The lowest BCUT2D eigenvalue weighted by molar-refractivity contribution is -0.385. The molecule has 0 radical (unpaired) electrons. The summed E-state index contributed by atoms with van der Waals surface area (Å²) < 4.78 is 0. The maximum Gasteiger partial charge on any atom is 0.306 e. The standard InChI is InChI=1S/C13H15ClN2O4/c1-3-13(5-10(17)18)4-8(13)12-7(2)11(14)9(6-15-12)16(19)20/h6,8H,3-5H2,1-2H3,(H,17,18). The first-order valence-electron chi connectivity index (χ1n) is 6.33. The number of aromatic nitrogens is 1. The van der Waals surface area contributed by atoms with Crippen LogP contribution in [-0.2, 0) is 4.79 Å². The molecule has 0 amide bonds. The Hall–Kier alpha value is -1.69. The van der Waals surface area contributed by atoms with Gasteiger partial charge in [0.15, 0.2) is 0 Å². The SMILES string of the molecule is CCC1(CC(=O)O)CC1c1ncc([N+](=O)[O-])c(Cl)c1C. The molecule has 2 rings (SSSR count). The van der Waals surface area contributed by atoms with E-state index in [0.29, 0.717) is 11.3 Å². The van der Waals surface area contributed by atoms with Gasteiger partial charge in [-0.25, -0.2) is 0 Å². The third kappa shape index (κ3) is 2.35. The number of carboxylic acid groups (broad SMARTS) is 1. The second-order valence-corrected chi connectivity index (χ2v) is 5.65. The second kappa shape index (κ2) is 5.01. The number of hydrogen-bond acceptors (Lipinski definition) is 4. The van der Waals surface area contributed by atoms with Crippen molar-refractivity contribution in [3.63, 3.8) is 0 Å². The molecular formula is C13H15ClN2O4. The number of hydrogen-bond donors (Lipinski definition) is 1. The molecular weight excluding hydrogens is 284 g/mol. The number of pyridine rings is 1. The van der Waals surface area contributed by atoms with Crippen LogP contribution < -0.4 is 0 Å². The lowest BCUT2D eigenvalue weighted by Crippen LogP contribution is -2.11. The Morgan fingerprint density at radius 3 is 2.85 bits per heavy atom. The van der Waals surface area contributed by atoms with Crippen molar-refractivity contribution in [2.24, 2.45) is 5.41 Å². The smallest absolute Gasteiger partial charge is 0.306 e. The number of nitro groups is 1. The molecule has 1 aliphatic rings. The van der Waals surface area contributed by atoms with Crippen molar-refractivity contribution in [2.45, 2.75) is 39.0 Å². The summed E-state index contributed by atoms with van der Waals surface area (Å²) in [6.07, 6.45) is 2.71. The molecule has 0 spiro atoms. The highest BCUT2D eigenvalue weighted by Gasteiger charge is 2.55. The van der Waals surface area contributed by atoms with Gasteiger partial charge < -0.3 is 5.11 Å². The summed E-state index contributed by atoms with van der Waals surface area (Å²) in [6.45, 7) is 3.64. The molecule has 1 aromatic heterocycles. The number of nitrogens with zero attached hydrogens (tertiary/aromatic N) is 2. The van der Waals surface area contributed by atoms with Crippen molar-refractivity contribution in [3.8, 4) is 0 Å². The van der Waals surface area contributed by atoms with E-state index >= 15 is 0 Å². The second-order valence-electron chi connectivity index (χ2n) is 5.27. The summed E-state index contributed by atoms with van der Waals surface area (Å²) >= 11 is 6.01. The fourth-order valence-electron chi connectivity index (χ4n) is 2.81. The van der Waals surface area contributed by atoms with E-state index in [9.17, 15) is 14.9 Å². The molecule has 0 saturated heterocycles. The van der Waals surface area contributed by atoms with Crippen LogP contribution in [0.2, 0.25) is 5.02 Å². The number of aliphatic carboxylic acids is 1. The van der Waals surface area contributed by atoms with Crippen LogP contribution in [0.4, 0.5) is 5.69 Å². The van der Waals surface area contributed by atoms with E-state index in [4.69, 9.17) is 16.7 Å². The van der Waals surface area contributed by atoms with Crippen LogP contribution in [0.5, 0.6) is 0 Å². The highest BCUT2D eigenvalue weighted by molar-refractivity contribution is 6.33. The maximum atomic E-state index is 11.0. The largest absolute Gasteiger partial charge is 0.481 e. The molecule has 1 fully saturated rings. The highest BCUT2D eigenvalue weighted by atomic mass is 35.5. The zero-order chi connectivity index (χ0) is 15.1. The Bertz CT molecular complexity index is 590. The molecule has 2 unspecified atom stereocenters. The molecule has 20 heavy (non-hydrogen) atoms. The van der Waals surface area contributed by atoms with Crippen LogP contribution in [0.1, 0.15) is 43.4 Å². The molecule has 2 atom stereocenters. The van der Waals surface area contributed by atoms with E-state index in [0.717, 1.165) is 19.0 Å². The van der Waals surface area contributed by atoms with E-state index in [-0.39, 0.29) is 28.5 Å². The monoisotopic (exact) mass is 298 g/mol. The first-order chi connectivity index (χ1) is 9.32. The average molecular weight is 299 g/mol. The summed E-state index contributed by atoms with van der Waals surface area (Å²) in [4.78, 5) is 25.3. The van der Waals surface area contributed by atoms with Crippen molar-refractivity contribution < 1.29 is 14.8 Å². The van der Waals surface area contributed by atoms with Crippen LogP contribution in [0.15, 0.2) is 6.20 Å². The lowest BCUT2D eigenvalue weighted by atomic mass is 9.93. The van der Waals surface area contributed by atoms with Crippen molar-refractivity contribution in [1.82, 2.24) is 4.98 Å². The van der Waals surface area contributed by atoms with Crippen LogP contribution in [0.25, 0.3) is 0 Å². The molecule has 1 N–H and O–H groups in total. The van der Waals surface area contributed by atoms with Gasteiger partial charge in [0.1, 0.15) is 11.2 Å². The third-order valence-corrected chi connectivity index (χ3v) is 4.67. The van der Waals surface area contributed by atoms with E-state index < -0.39 is 10.9 Å². The van der Waals surface area contributed by atoms with Crippen molar-refractivity contribution in [2.75, 3.05) is 0 Å². The third-order valence-electron chi connectivity index (χ3n) is 4.19. The number of carboxylic acids is 1. The summed E-state index contributed by atoms with van der Waals surface area (Å²) in [7, 11) is 0. The van der Waals surface area contributed by atoms with Gasteiger partial charge in [-0.05, 0) is 30.7 Å². The fraction of sp³-hybridized carbons (Fsp3) is 0.538. The minimum absolute atomic E-state index is 0.0157. The van der Waals surface area contributed by atoms with Gasteiger partial charge in [0.05, 0.1) is 11.3 Å². The Labute approximate surface area is 120 Å². The van der Waals surface area contributed by atoms with Crippen LogP contribution in [-0.4, -0.2) is 21.0 Å². The van der Waals surface area contributed by atoms with Gasteiger partial charge in [-0.2, -0.15) is 0 Å². The quantitative estimate of drug-likeness (QED) is 0.665. The van der Waals surface area contributed by atoms with Crippen LogP contribution >= 0.6 is 11.6 Å². The number of carbonyl (C=O) groups is 1. The van der Waals surface area contributed by atoms with E-state index in [1.165, 1.54) is 0 Å². The van der Waals surface area contributed by atoms with Gasteiger partial charge in [0.25, 0.3) is 0 Å². The molecule has 6 nitrogen and oxygen atoms in total. The number of halogens is 1. The fourth-order valence-corrected chi connectivity index (χ4v) is 3.03. The van der Waals surface area contributed by atoms with Gasteiger partial charge in [0, 0.05) is 11.6 Å². The molecule has 0 aliphatic heterocycles. The minimum Gasteiger partial charge on any atom is -0.481 e. The Morgan fingerprint density at radius 2 is 2.35 bits per heavy atom. The Kier molecular flexibility index (Phi) is 3.69. The molecule has 1 aliphatic carbocycles. The van der Waals surface area contributed by atoms with Gasteiger partial charge in [-0.1, -0.05) is 18.5 Å². The first-order valence-corrected chi connectivity index (χ1v) is 6.71. The summed E-state index contributed by atoms with van der Waals surface area (Å²) in [5, 5.41) is 19.9. The number of rotatable bonds is 5. The van der Waals surface area contributed by atoms with E-state index in [2.05, 4.69) is 4.98 Å². The zero-order valence-corrected chi connectivity index (χ0v) is 12.0. The molecule has 1 aromatic rings. The highest BCUT2D eigenvalue weighted by Crippen LogP contribution is 2.64. The minimum atomic E-state index is -0.833. The zero-order valence-electron chi connectivity index (χ0n) is 11.2. The molecule has 0 bridgehead atoms. The topological polar surface area (TPSA) is 93.3 Å². The molecule has 1 heterocycles. The summed E-state index contributed by atoms with van der Waals surface area (Å²) in [6, 6.07) is 0. The summed E-state index contributed by atoms with van der Waals surface area (Å²) in [5.41, 5.74) is 0.757. The predicted octanol–water partition coefficient (Wildman–Crippen LogP) is 3.31. The van der Waals surface area contributed by atoms with Gasteiger partial charge in [-0.3, -0.25) is 19.9 Å². The van der Waals surface area contributed by atoms with Crippen LogP contribution in [0, 0.1) is 22.5 Å². The van der Waals surface area contributed by atoms with Crippen molar-refractivity contribution in [1.29, 1.82) is 0 Å². The normalized spacial score (nSPS) is 24.4. The van der Waals surface area contributed by atoms with Crippen LogP contribution in [0.3, 0.4) is 0 Å². The van der Waals surface area contributed by atoms with Gasteiger partial charge in [0.2, 0.25) is 0 Å². The predicted molar refractivity (Wildman–Crippen MR) is 73.0 cm³/mol. The molecule has 0 aromatic carbocycles. The van der Waals surface area contributed by atoms with Gasteiger partial charge in [-0.15, -0.1) is 0 Å². The maximum absolute atomic E-state index is 11.0. The van der Waals surface area contributed by atoms with Crippen molar-refractivity contribution in [3.05, 3.63) is 32.6 Å². The van der Waals surface area contributed by atoms with Crippen molar-refractivity contribution >= 4 is 23.3 Å². The first kappa shape index (κ1) is 14.7. The summed E-state index contributed by atoms with van der Waals surface area (Å²) in [5.74, 6) is -0.818. The van der Waals surface area contributed by atoms with Gasteiger partial charge >= 0.3 is 11.7 Å². The molecule has 1 saturated carbocycles. The average Bonchev–Trinajstić information content (AvgIpc) is 3.06. The van der Waals surface area contributed by atoms with E-state index in [1.807, 2.05) is 6.92 Å². The van der Waals surface area contributed by atoms with E-state index in [1.54, 1.807) is 6.92 Å². The molecule has 7 heteroatoms. The Balaban J connectivity index is 2.35. The lowest BCUT2D eigenvalue weighted by Gasteiger charge is -2.13. The molecule has 108 valence electrons. The Morgan fingerprint density at radius 1 is 1.70 bits per heavy atom.